The molecule has 3 aliphatic heterocycles. The fourth-order valence-electron chi connectivity index (χ4n) is 5.86. The number of hydrogen-bond donors (Lipinski definition) is 2. The molecule has 34 heavy (non-hydrogen) atoms. The summed E-state index contributed by atoms with van der Waals surface area (Å²) in [5, 5.41) is 20.6. The zero-order chi connectivity index (χ0) is 24.9. The molecule has 10 heteroatoms. The molecule has 8 nitrogen and oxygen atoms in total. The largest absolute Gasteiger partial charge is 0.481 e. The fourth-order valence-corrected chi connectivity index (χ4v) is 7.04. The van der Waals surface area contributed by atoms with Crippen molar-refractivity contribution in [1.82, 2.24) is 4.90 Å². The summed E-state index contributed by atoms with van der Waals surface area (Å²) in [5.41, 5.74) is -0.886. The Kier molecular flexibility index (Phi) is 6.85. The van der Waals surface area contributed by atoms with Gasteiger partial charge in [-0.05, 0) is 24.5 Å². The van der Waals surface area contributed by atoms with E-state index >= 15 is 0 Å². The minimum atomic E-state index is -1.33. The summed E-state index contributed by atoms with van der Waals surface area (Å²) < 4.78 is 6.30. The third-order valence-electron chi connectivity index (χ3n) is 7.28. The molecule has 2 amide bonds. The molecule has 3 aliphatic rings. The van der Waals surface area contributed by atoms with Gasteiger partial charge in [-0.15, -0.1) is 6.58 Å². The van der Waals surface area contributed by atoms with Gasteiger partial charge >= 0.3 is 5.97 Å². The number of carbonyl (C=O) groups is 3. The van der Waals surface area contributed by atoms with Gasteiger partial charge in [0.05, 0.1) is 41.3 Å². The van der Waals surface area contributed by atoms with Crippen LogP contribution >= 0.6 is 27.5 Å². The smallest absolute Gasteiger partial charge is 0.310 e. The molecular formula is C24H28BrClN2O6. The van der Waals surface area contributed by atoms with Gasteiger partial charge in [-0.2, -0.15) is 0 Å². The molecule has 2 bridgehead atoms. The highest BCUT2D eigenvalue weighted by molar-refractivity contribution is 9.09. The van der Waals surface area contributed by atoms with Crippen molar-refractivity contribution < 1.29 is 29.3 Å². The molecule has 184 valence electrons. The Hall–Kier alpha value is -1.94. The lowest BCUT2D eigenvalue weighted by Crippen LogP contribution is -2.60. The number of halogens is 2. The normalized spacial score (nSPS) is 32.7. The first-order valence-corrected chi connectivity index (χ1v) is 12.5. The lowest BCUT2D eigenvalue weighted by atomic mass is 9.70. The zero-order valence-electron chi connectivity index (χ0n) is 18.9. The van der Waals surface area contributed by atoms with Gasteiger partial charge in [0.25, 0.3) is 5.91 Å². The van der Waals surface area contributed by atoms with Crippen LogP contribution < -0.4 is 4.90 Å². The Balaban J connectivity index is 1.88. The minimum absolute atomic E-state index is 0.122. The Labute approximate surface area is 211 Å². The van der Waals surface area contributed by atoms with E-state index in [-0.39, 0.29) is 23.9 Å². The highest BCUT2D eigenvalue weighted by Gasteiger charge is 2.77. The number of aliphatic hydroxyl groups is 1. The van der Waals surface area contributed by atoms with Crippen LogP contribution in [0.25, 0.3) is 0 Å². The van der Waals surface area contributed by atoms with Gasteiger partial charge < -0.3 is 24.7 Å². The zero-order valence-corrected chi connectivity index (χ0v) is 21.3. The number of para-hydroxylation sites is 1. The van der Waals surface area contributed by atoms with Gasteiger partial charge in [-0.25, -0.2) is 0 Å². The third kappa shape index (κ3) is 3.59. The summed E-state index contributed by atoms with van der Waals surface area (Å²) >= 11 is 9.95. The molecule has 1 aromatic rings. The molecule has 7 atom stereocenters. The number of fused-ring (bicyclic) bond motifs is 1. The van der Waals surface area contributed by atoms with Crippen LogP contribution in [-0.2, 0) is 19.1 Å². The number of ether oxygens (including phenoxy) is 1. The lowest BCUT2D eigenvalue weighted by molar-refractivity contribution is -0.151. The molecule has 1 unspecified atom stereocenters. The predicted octanol–water partition coefficient (Wildman–Crippen LogP) is 2.71. The Morgan fingerprint density at radius 1 is 1.41 bits per heavy atom. The van der Waals surface area contributed by atoms with Crippen molar-refractivity contribution in [3.05, 3.63) is 41.9 Å². The van der Waals surface area contributed by atoms with Crippen LogP contribution in [0.2, 0.25) is 5.02 Å². The van der Waals surface area contributed by atoms with Crippen LogP contribution in [0.4, 0.5) is 5.69 Å². The highest BCUT2D eigenvalue weighted by Crippen LogP contribution is 2.60. The molecule has 3 saturated heterocycles. The summed E-state index contributed by atoms with van der Waals surface area (Å²) in [6.07, 6.45) is 1.12. The van der Waals surface area contributed by atoms with Gasteiger partial charge in [-0.1, -0.05) is 59.6 Å². The van der Waals surface area contributed by atoms with Crippen molar-refractivity contribution in [1.29, 1.82) is 0 Å². The van der Waals surface area contributed by atoms with E-state index in [1.165, 1.54) is 9.80 Å². The molecule has 4 rings (SSSR count). The number of carboxylic acid groups (broad SMARTS) is 1. The average Bonchev–Trinajstić information content (AvgIpc) is 3.36. The first-order valence-electron chi connectivity index (χ1n) is 11.2. The van der Waals surface area contributed by atoms with Gasteiger partial charge in [0.15, 0.2) is 0 Å². The number of anilines is 1. The summed E-state index contributed by atoms with van der Waals surface area (Å²) in [5.74, 6) is -4.37. The van der Waals surface area contributed by atoms with E-state index in [9.17, 15) is 24.6 Å². The first-order chi connectivity index (χ1) is 16.1. The van der Waals surface area contributed by atoms with Crippen LogP contribution in [0.1, 0.15) is 20.3 Å². The molecule has 0 aliphatic carbocycles. The van der Waals surface area contributed by atoms with E-state index in [2.05, 4.69) is 22.5 Å². The molecule has 0 radical (unpaired) electrons. The number of alkyl halides is 1. The Morgan fingerprint density at radius 3 is 2.65 bits per heavy atom. The minimum Gasteiger partial charge on any atom is -0.481 e. The predicted molar refractivity (Wildman–Crippen MR) is 130 cm³/mol. The number of rotatable bonds is 8. The number of aliphatic hydroxyl groups excluding tert-OH is 1. The van der Waals surface area contributed by atoms with Gasteiger partial charge in [0.1, 0.15) is 11.6 Å². The second-order valence-corrected chi connectivity index (χ2v) is 11.0. The number of carbonyl (C=O) groups excluding carboxylic acids is 2. The number of amides is 2. The van der Waals surface area contributed by atoms with Crippen molar-refractivity contribution >= 4 is 51.0 Å². The Bertz CT molecular complexity index is 1020. The van der Waals surface area contributed by atoms with E-state index in [0.29, 0.717) is 17.1 Å². The summed E-state index contributed by atoms with van der Waals surface area (Å²) in [6, 6.07) is 5.04. The van der Waals surface area contributed by atoms with Crippen molar-refractivity contribution in [2.24, 2.45) is 17.8 Å². The van der Waals surface area contributed by atoms with E-state index in [1.807, 2.05) is 13.8 Å². The molecular weight excluding hydrogens is 528 g/mol. The van der Waals surface area contributed by atoms with Gasteiger partial charge in [0, 0.05) is 11.4 Å². The topological polar surface area (TPSA) is 107 Å². The van der Waals surface area contributed by atoms with E-state index in [4.69, 9.17) is 16.3 Å². The molecule has 1 aromatic carbocycles. The Morgan fingerprint density at radius 2 is 2.09 bits per heavy atom. The number of benzene rings is 1. The van der Waals surface area contributed by atoms with E-state index in [1.54, 1.807) is 30.3 Å². The van der Waals surface area contributed by atoms with Gasteiger partial charge in [0.2, 0.25) is 5.91 Å². The standard InChI is InChI=1S/C24H28BrClN2O6/c1-4-9-27(15-8-6-5-7-14(15)26)22(31)20-24-10-13(25)19(34-24)17(23(32)33)18(24)21(30)28(20)16(11-29)12(2)3/h4-8,12-13,16-20,29H,1,9-11H2,2-3H3,(H,32,33)/t13?,16-,17-,18+,19-,20-,24+/m0/s1. The van der Waals surface area contributed by atoms with Crippen molar-refractivity contribution in [2.75, 3.05) is 18.1 Å². The maximum atomic E-state index is 14.3. The maximum absolute atomic E-state index is 14.3. The second-order valence-electron chi connectivity index (χ2n) is 9.43. The molecule has 3 heterocycles. The number of hydrogen-bond acceptors (Lipinski definition) is 5. The summed E-state index contributed by atoms with van der Waals surface area (Å²) in [4.78, 5) is 42.9. The van der Waals surface area contributed by atoms with Crippen molar-refractivity contribution in [2.45, 2.75) is 48.9 Å². The first kappa shape index (κ1) is 25.2. The van der Waals surface area contributed by atoms with Gasteiger partial charge in [-0.3, -0.25) is 14.4 Å². The average molecular weight is 556 g/mol. The van der Waals surface area contributed by atoms with Crippen molar-refractivity contribution in [3.8, 4) is 0 Å². The monoisotopic (exact) mass is 554 g/mol. The molecule has 2 N–H and O–H groups in total. The van der Waals surface area contributed by atoms with Crippen LogP contribution in [0.15, 0.2) is 36.9 Å². The summed E-state index contributed by atoms with van der Waals surface area (Å²) in [6.45, 7) is 7.20. The van der Waals surface area contributed by atoms with Crippen LogP contribution in [0.5, 0.6) is 0 Å². The summed E-state index contributed by atoms with van der Waals surface area (Å²) in [7, 11) is 0. The quantitative estimate of drug-likeness (QED) is 0.377. The molecule has 0 saturated carbocycles. The number of carboxylic acids is 1. The second kappa shape index (κ2) is 9.26. The van der Waals surface area contributed by atoms with Crippen LogP contribution in [0.3, 0.4) is 0 Å². The number of aliphatic carboxylic acids is 1. The maximum Gasteiger partial charge on any atom is 0.310 e. The van der Waals surface area contributed by atoms with Crippen LogP contribution in [-0.4, -0.2) is 74.7 Å². The molecule has 3 fully saturated rings. The highest BCUT2D eigenvalue weighted by atomic mass is 79.9. The molecule has 0 aromatic heterocycles. The van der Waals surface area contributed by atoms with Crippen molar-refractivity contribution in [3.63, 3.8) is 0 Å². The molecule has 1 spiro atoms. The van der Waals surface area contributed by atoms with Crippen LogP contribution in [0, 0.1) is 17.8 Å². The van der Waals surface area contributed by atoms with E-state index < -0.39 is 53.4 Å². The number of nitrogens with zero attached hydrogens (tertiary/aromatic N) is 2. The number of likely N-dealkylation sites (tertiary alicyclic amines) is 1. The fraction of sp³-hybridized carbons (Fsp3) is 0.542. The SMILES string of the molecule is C=CCN(C(=O)[C@@H]1N([C@@H](CO)C(C)C)C(=O)[C@H]2[C@H](C(=O)O)[C@H]3O[C@@]12CC3Br)c1ccccc1Cl. The lowest BCUT2D eigenvalue weighted by Gasteiger charge is -2.40. The third-order valence-corrected chi connectivity index (χ3v) is 8.45. The van der Waals surface area contributed by atoms with E-state index in [0.717, 1.165) is 0 Å².